The molecule has 26 heavy (non-hydrogen) atoms. The maximum Gasteiger partial charge on any atom is 0.253 e. The fourth-order valence-corrected chi connectivity index (χ4v) is 2.96. The van der Waals surface area contributed by atoms with E-state index in [1.165, 1.54) is 18.5 Å². The third-order valence-electron chi connectivity index (χ3n) is 4.12. The number of halogens is 1. The summed E-state index contributed by atoms with van der Waals surface area (Å²) in [5.74, 6) is -0.872. The lowest BCUT2D eigenvalue weighted by molar-refractivity contribution is 0.0952. The molecule has 2 aromatic carbocycles. The van der Waals surface area contributed by atoms with Crippen LogP contribution in [0.1, 0.15) is 15.9 Å². The van der Waals surface area contributed by atoms with Gasteiger partial charge in [0.15, 0.2) is 0 Å². The Hall–Kier alpha value is -3.48. The Kier molecular flexibility index (Phi) is 3.96. The Bertz CT molecular complexity index is 1080. The number of H-pyrrole nitrogens is 1. The fourth-order valence-electron chi connectivity index (χ4n) is 2.96. The predicted octanol–water partition coefficient (Wildman–Crippen LogP) is 3.03. The van der Waals surface area contributed by atoms with Gasteiger partial charge in [0.1, 0.15) is 11.3 Å². The van der Waals surface area contributed by atoms with Crippen LogP contribution in [0.4, 0.5) is 4.39 Å². The number of hydrogen-bond acceptors (Lipinski definition) is 3. The second-order valence-corrected chi connectivity index (χ2v) is 5.98. The number of aromatic amines is 1. The average Bonchev–Trinajstić information content (AvgIpc) is 3.25. The molecule has 0 aliphatic rings. The molecule has 6 nitrogen and oxygen atoms in total. The maximum absolute atomic E-state index is 13.7. The highest BCUT2D eigenvalue weighted by Gasteiger charge is 2.16. The van der Waals surface area contributed by atoms with Crippen LogP contribution >= 0.6 is 0 Å². The highest BCUT2D eigenvalue weighted by molar-refractivity contribution is 6.04. The van der Waals surface area contributed by atoms with Gasteiger partial charge in [-0.2, -0.15) is 5.10 Å². The van der Waals surface area contributed by atoms with E-state index in [1.54, 1.807) is 4.68 Å². The molecule has 0 saturated carbocycles. The van der Waals surface area contributed by atoms with Gasteiger partial charge in [0.05, 0.1) is 23.1 Å². The summed E-state index contributed by atoms with van der Waals surface area (Å²) in [5, 5.41) is 7.31. The van der Waals surface area contributed by atoms with E-state index < -0.39 is 5.82 Å². The molecule has 0 unspecified atom stereocenters. The Labute approximate surface area is 148 Å². The van der Waals surface area contributed by atoms with E-state index in [9.17, 15) is 9.18 Å². The fraction of sp³-hybridized carbons (Fsp3) is 0.105. The molecule has 2 heterocycles. The number of carbonyl (C=O) groups is 1. The van der Waals surface area contributed by atoms with E-state index in [0.717, 1.165) is 16.8 Å². The predicted molar refractivity (Wildman–Crippen MR) is 95.9 cm³/mol. The van der Waals surface area contributed by atoms with E-state index in [2.05, 4.69) is 20.4 Å². The zero-order valence-electron chi connectivity index (χ0n) is 14.0. The van der Waals surface area contributed by atoms with Crippen LogP contribution in [-0.2, 0) is 13.6 Å². The van der Waals surface area contributed by atoms with Crippen molar-refractivity contribution in [2.75, 3.05) is 0 Å². The van der Waals surface area contributed by atoms with Crippen LogP contribution in [0, 0.1) is 5.82 Å². The minimum atomic E-state index is -0.488. The lowest BCUT2D eigenvalue weighted by Crippen LogP contribution is -2.23. The van der Waals surface area contributed by atoms with Crippen molar-refractivity contribution in [3.8, 4) is 11.3 Å². The number of rotatable bonds is 4. The monoisotopic (exact) mass is 349 g/mol. The summed E-state index contributed by atoms with van der Waals surface area (Å²) in [5.41, 5.74) is 3.78. The molecule has 1 amide bonds. The minimum absolute atomic E-state index is 0.200. The molecule has 0 saturated heterocycles. The largest absolute Gasteiger partial charge is 0.348 e. The van der Waals surface area contributed by atoms with Gasteiger partial charge in [0.2, 0.25) is 0 Å². The van der Waals surface area contributed by atoms with Crippen molar-refractivity contribution >= 4 is 16.9 Å². The van der Waals surface area contributed by atoms with Gasteiger partial charge in [-0.1, -0.05) is 30.3 Å². The number of amides is 1. The van der Waals surface area contributed by atoms with Crippen molar-refractivity contribution in [2.45, 2.75) is 6.54 Å². The first-order chi connectivity index (χ1) is 12.6. The van der Waals surface area contributed by atoms with Gasteiger partial charge >= 0.3 is 0 Å². The normalized spacial score (nSPS) is 11.0. The van der Waals surface area contributed by atoms with Crippen molar-refractivity contribution in [3.63, 3.8) is 0 Å². The van der Waals surface area contributed by atoms with Crippen LogP contribution < -0.4 is 5.32 Å². The van der Waals surface area contributed by atoms with Gasteiger partial charge in [-0.25, -0.2) is 9.37 Å². The minimum Gasteiger partial charge on any atom is -0.348 e. The Morgan fingerprint density at radius 3 is 2.88 bits per heavy atom. The Morgan fingerprint density at radius 2 is 2.08 bits per heavy atom. The van der Waals surface area contributed by atoms with Gasteiger partial charge < -0.3 is 10.3 Å². The number of nitrogens with zero attached hydrogens (tertiary/aromatic N) is 3. The second-order valence-electron chi connectivity index (χ2n) is 5.98. The van der Waals surface area contributed by atoms with E-state index >= 15 is 0 Å². The lowest BCUT2D eigenvalue weighted by Gasteiger charge is -2.07. The number of benzene rings is 2. The Morgan fingerprint density at radius 1 is 1.27 bits per heavy atom. The molecule has 2 N–H and O–H groups in total. The molecule has 0 radical (unpaired) electrons. The van der Waals surface area contributed by atoms with Crippen LogP contribution in [-0.4, -0.2) is 25.7 Å². The van der Waals surface area contributed by atoms with Crippen molar-refractivity contribution < 1.29 is 9.18 Å². The van der Waals surface area contributed by atoms with Gasteiger partial charge in [-0.3, -0.25) is 9.48 Å². The standard InChI is InChI=1S/C19H16FN5O/c1-25-10-13(17(24-25)12-5-3-2-4-6-12)9-21-19(26)15-7-14(20)8-16-18(15)23-11-22-16/h2-8,10-11H,9H2,1H3,(H,21,26)(H,22,23). The molecule has 130 valence electrons. The van der Waals surface area contributed by atoms with Crippen LogP contribution in [0.15, 0.2) is 55.0 Å². The van der Waals surface area contributed by atoms with E-state index in [-0.39, 0.29) is 18.0 Å². The van der Waals surface area contributed by atoms with Crippen LogP contribution in [0.3, 0.4) is 0 Å². The molecule has 0 aliphatic heterocycles. The lowest BCUT2D eigenvalue weighted by atomic mass is 10.1. The molecule has 2 aromatic heterocycles. The number of fused-ring (bicyclic) bond motifs is 1. The van der Waals surface area contributed by atoms with Gasteiger partial charge in [0.25, 0.3) is 5.91 Å². The molecule has 0 fully saturated rings. The smallest absolute Gasteiger partial charge is 0.253 e. The zero-order chi connectivity index (χ0) is 18.1. The van der Waals surface area contributed by atoms with Crippen molar-refractivity contribution in [3.05, 3.63) is 71.9 Å². The molecule has 4 aromatic rings. The summed E-state index contributed by atoms with van der Waals surface area (Å²) in [6.45, 7) is 0.277. The van der Waals surface area contributed by atoms with Crippen LogP contribution in [0.25, 0.3) is 22.3 Å². The molecular formula is C19H16FN5O. The van der Waals surface area contributed by atoms with Crippen LogP contribution in [0.2, 0.25) is 0 Å². The summed E-state index contributed by atoms with van der Waals surface area (Å²) < 4.78 is 15.5. The first-order valence-electron chi connectivity index (χ1n) is 8.10. The Balaban J connectivity index is 1.60. The zero-order valence-corrected chi connectivity index (χ0v) is 14.0. The van der Waals surface area contributed by atoms with E-state index in [4.69, 9.17) is 0 Å². The van der Waals surface area contributed by atoms with Gasteiger partial charge in [0, 0.05) is 30.9 Å². The quantitative estimate of drug-likeness (QED) is 0.595. The molecule has 0 bridgehead atoms. The SMILES string of the molecule is Cn1cc(CNC(=O)c2cc(F)cc3[nH]cnc23)c(-c2ccccc2)n1. The summed E-state index contributed by atoms with van der Waals surface area (Å²) in [6.07, 6.45) is 3.30. The summed E-state index contributed by atoms with van der Waals surface area (Å²) in [6, 6.07) is 12.3. The van der Waals surface area contributed by atoms with E-state index in [1.807, 2.05) is 43.6 Å². The number of carbonyl (C=O) groups excluding carboxylic acids is 1. The number of nitrogens with one attached hydrogen (secondary N) is 2. The maximum atomic E-state index is 13.7. The highest BCUT2D eigenvalue weighted by Crippen LogP contribution is 2.22. The summed E-state index contributed by atoms with van der Waals surface area (Å²) >= 11 is 0. The summed E-state index contributed by atoms with van der Waals surface area (Å²) in [7, 11) is 1.83. The molecular weight excluding hydrogens is 333 g/mol. The first kappa shape index (κ1) is 16.0. The second kappa shape index (κ2) is 6.44. The molecule has 4 rings (SSSR count). The van der Waals surface area contributed by atoms with Crippen LogP contribution in [0.5, 0.6) is 0 Å². The van der Waals surface area contributed by atoms with E-state index in [0.29, 0.717) is 11.0 Å². The van der Waals surface area contributed by atoms with Crippen molar-refractivity contribution in [1.29, 1.82) is 0 Å². The molecule has 7 heteroatoms. The summed E-state index contributed by atoms with van der Waals surface area (Å²) in [4.78, 5) is 19.5. The average molecular weight is 349 g/mol. The number of hydrogen-bond donors (Lipinski definition) is 2. The third-order valence-corrected chi connectivity index (χ3v) is 4.12. The number of aromatic nitrogens is 4. The van der Waals surface area contributed by atoms with Crippen molar-refractivity contribution in [2.24, 2.45) is 7.05 Å². The van der Waals surface area contributed by atoms with Crippen molar-refractivity contribution in [1.82, 2.24) is 25.1 Å². The van der Waals surface area contributed by atoms with Gasteiger partial charge in [-0.15, -0.1) is 0 Å². The number of aryl methyl sites for hydroxylation is 1. The highest BCUT2D eigenvalue weighted by atomic mass is 19.1. The molecule has 0 aliphatic carbocycles. The first-order valence-corrected chi connectivity index (χ1v) is 8.10. The molecule has 0 spiro atoms. The third kappa shape index (κ3) is 2.95. The number of imidazole rings is 1. The topological polar surface area (TPSA) is 75.6 Å². The molecule has 0 atom stereocenters. The van der Waals surface area contributed by atoms with Gasteiger partial charge in [-0.05, 0) is 12.1 Å².